The van der Waals surface area contributed by atoms with Crippen LogP contribution in [0.4, 0.5) is 5.69 Å². The van der Waals surface area contributed by atoms with Gasteiger partial charge in [-0.25, -0.2) is 0 Å². The first-order chi connectivity index (χ1) is 14.6. The van der Waals surface area contributed by atoms with Crippen molar-refractivity contribution in [1.82, 2.24) is 5.32 Å². The van der Waals surface area contributed by atoms with Crippen LogP contribution in [0.1, 0.15) is 46.3 Å². The second-order valence-electron chi connectivity index (χ2n) is 7.79. The average molecular weight is 406 g/mol. The third kappa shape index (κ3) is 3.26. The first-order valence-corrected chi connectivity index (χ1v) is 10.1. The first-order valence-electron chi connectivity index (χ1n) is 10.1. The zero-order chi connectivity index (χ0) is 20.7. The number of fused-ring (bicyclic) bond motifs is 4. The summed E-state index contributed by atoms with van der Waals surface area (Å²) in [5, 5.41) is 15.1. The maximum absolute atomic E-state index is 12.4. The van der Waals surface area contributed by atoms with E-state index in [1.807, 2.05) is 24.3 Å². The lowest BCUT2D eigenvalue weighted by Crippen LogP contribution is -2.30. The molecular formula is C23H22N2O5. The van der Waals surface area contributed by atoms with Crippen molar-refractivity contribution in [3.63, 3.8) is 0 Å². The number of amides is 1. The minimum Gasteiger partial charge on any atom is -0.481 e. The number of carboxylic acids is 1. The van der Waals surface area contributed by atoms with Crippen molar-refractivity contribution >= 4 is 17.6 Å². The predicted octanol–water partition coefficient (Wildman–Crippen LogP) is 3.45. The van der Waals surface area contributed by atoms with E-state index < -0.39 is 5.97 Å². The van der Waals surface area contributed by atoms with Gasteiger partial charge in [0.2, 0.25) is 6.79 Å². The molecule has 0 fully saturated rings. The number of carbonyl (C=O) groups excluding carboxylic acids is 1. The molecule has 0 radical (unpaired) electrons. The summed E-state index contributed by atoms with van der Waals surface area (Å²) in [6.45, 7) is 0.367. The van der Waals surface area contributed by atoms with Crippen molar-refractivity contribution in [1.29, 1.82) is 0 Å². The van der Waals surface area contributed by atoms with E-state index in [2.05, 4.69) is 28.9 Å². The van der Waals surface area contributed by atoms with E-state index in [0.717, 1.165) is 34.7 Å². The van der Waals surface area contributed by atoms with E-state index in [9.17, 15) is 9.59 Å². The molecule has 2 aromatic rings. The minimum atomic E-state index is -0.932. The van der Waals surface area contributed by atoms with Gasteiger partial charge in [0.1, 0.15) is 0 Å². The van der Waals surface area contributed by atoms with Gasteiger partial charge in [-0.1, -0.05) is 18.2 Å². The third-order valence-electron chi connectivity index (χ3n) is 6.01. The number of ether oxygens (including phenoxy) is 2. The van der Waals surface area contributed by atoms with Gasteiger partial charge in [-0.05, 0) is 53.8 Å². The number of anilines is 1. The Morgan fingerprint density at radius 1 is 1.13 bits per heavy atom. The second kappa shape index (κ2) is 7.40. The maximum Gasteiger partial charge on any atom is 0.305 e. The van der Waals surface area contributed by atoms with Gasteiger partial charge in [0.25, 0.3) is 5.91 Å². The number of rotatable bonds is 5. The zero-order valence-electron chi connectivity index (χ0n) is 16.3. The van der Waals surface area contributed by atoms with Crippen molar-refractivity contribution in [2.75, 3.05) is 18.7 Å². The van der Waals surface area contributed by atoms with Crippen molar-refractivity contribution in [3.8, 4) is 11.5 Å². The number of hydrogen-bond donors (Lipinski definition) is 3. The molecule has 5 rings (SSSR count). The predicted molar refractivity (Wildman–Crippen MR) is 110 cm³/mol. The largest absolute Gasteiger partial charge is 0.481 e. The molecule has 7 heteroatoms. The van der Waals surface area contributed by atoms with Crippen LogP contribution < -0.4 is 20.1 Å². The molecule has 0 unspecified atom stereocenters. The SMILES string of the molecule is O=C(O)CCNC(=O)c1ccc2c(c1)[C@@H]1C=CC[C@H]1[C@H](c1ccc3c(c1)OCO3)N2. The summed E-state index contributed by atoms with van der Waals surface area (Å²) in [6, 6.07) is 11.8. The Morgan fingerprint density at radius 3 is 2.87 bits per heavy atom. The van der Waals surface area contributed by atoms with Gasteiger partial charge < -0.3 is 25.2 Å². The Labute approximate surface area is 173 Å². The molecular weight excluding hydrogens is 384 g/mol. The molecule has 0 spiro atoms. The van der Waals surface area contributed by atoms with Crippen LogP contribution in [-0.2, 0) is 4.79 Å². The van der Waals surface area contributed by atoms with E-state index in [1.54, 1.807) is 6.07 Å². The Morgan fingerprint density at radius 2 is 2.00 bits per heavy atom. The lowest BCUT2D eigenvalue weighted by Gasteiger charge is -2.37. The summed E-state index contributed by atoms with van der Waals surface area (Å²) >= 11 is 0. The number of aliphatic carboxylic acids is 1. The highest BCUT2D eigenvalue weighted by Gasteiger charge is 2.38. The van der Waals surface area contributed by atoms with Gasteiger partial charge in [0.05, 0.1) is 12.5 Å². The minimum absolute atomic E-state index is 0.0944. The van der Waals surface area contributed by atoms with Gasteiger partial charge >= 0.3 is 5.97 Å². The van der Waals surface area contributed by atoms with Crippen LogP contribution in [-0.4, -0.2) is 30.3 Å². The van der Waals surface area contributed by atoms with Crippen LogP contribution >= 0.6 is 0 Å². The average Bonchev–Trinajstić information content (AvgIpc) is 3.41. The summed E-state index contributed by atoms with van der Waals surface area (Å²) in [5.41, 5.74) is 3.80. The summed E-state index contributed by atoms with van der Waals surface area (Å²) in [6.07, 6.45) is 5.27. The first kappa shape index (κ1) is 18.5. The molecule has 30 heavy (non-hydrogen) atoms. The van der Waals surface area contributed by atoms with E-state index in [0.29, 0.717) is 11.5 Å². The van der Waals surface area contributed by atoms with Crippen LogP contribution in [0.25, 0.3) is 0 Å². The summed E-state index contributed by atoms with van der Waals surface area (Å²) in [5.74, 6) is 0.908. The lowest BCUT2D eigenvalue weighted by molar-refractivity contribution is -0.136. The fourth-order valence-corrected chi connectivity index (χ4v) is 4.56. The molecule has 0 bridgehead atoms. The van der Waals surface area contributed by atoms with Gasteiger partial charge in [-0.15, -0.1) is 0 Å². The molecule has 3 atom stereocenters. The molecule has 1 aliphatic carbocycles. The van der Waals surface area contributed by atoms with Gasteiger partial charge in [0.15, 0.2) is 11.5 Å². The summed E-state index contributed by atoms with van der Waals surface area (Å²) in [4.78, 5) is 23.1. The molecule has 7 nitrogen and oxygen atoms in total. The van der Waals surface area contributed by atoms with E-state index in [4.69, 9.17) is 14.6 Å². The molecule has 3 N–H and O–H groups in total. The fourth-order valence-electron chi connectivity index (χ4n) is 4.56. The van der Waals surface area contributed by atoms with Crippen LogP contribution in [0.3, 0.4) is 0 Å². The van der Waals surface area contributed by atoms with Crippen molar-refractivity contribution < 1.29 is 24.2 Å². The highest BCUT2D eigenvalue weighted by atomic mass is 16.7. The zero-order valence-corrected chi connectivity index (χ0v) is 16.3. The number of carbonyl (C=O) groups is 2. The second-order valence-corrected chi connectivity index (χ2v) is 7.79. The number of hydrogen-bond acceptors (Lipinski definition) is 5. The normalized spacial score (nSPS) is 22.7. The molecule has 0 saturated carbocycles. The fraction of sp³-hybridized carbons (Fsp3) is 0.304. The quantitative estimate of drug-likeness (QED) is 0.658. The van der Waals surface area contributed by atoms with Gasteiger partial charge in [0, 0.05) is 23.7 Å². The van der Waals surface area contributed by atoms with E-state index in [-0.39, 0.29) is 37.6 Å². The Balaban J connectivity index is 1.41. The molecule has 2 heterocycles. The highest BCUT2D eigenvalue weighted by molar-refractivity contribution is 5.95. The topological polar surface area (TPSA) is 96.9 Å². The monoisotopic (exact) mass is 406 g/mol. The van der Waals surface area contributed by atoms with Crippen LogP contribution in [0.5, 0.6) is 11.5 Å². The van der Waals surface area contributed by atoms with Crippen molar-refractivity contribution in [2.45, 2.75) is 24.8 Å². The van der Waals surface area contributed by atoms with E-state index in [1.165, 1.54) is 0 Å². The highest BCUT2D eigenvalue weighted by Crippen LogP contribution is 2.50. The third-order valence-corrected chi connectivity index (χ3v) is 6.01. The molecule has 3 aliphatic rings. The lowest BCUT2D eigenvalue weighted by atomic mass is 9.76. The number of allylic oxidation sites excluding steroid dienone is 2. The van der Waals surface area contributed by atoms with Crippen molar-refractivity contribution in [3.05, 3.63) is 65.2 Å². The Bertz CT molecular complexity index is 1050. The number of benzene rings is 2. The van der Waals surface area contributed by atoms with Crippen LogP contribution in [0.15, 0.2) is 48.6 Å². The van der Waals surface area contributed by atoms with Gasteiger partial charge in [-0.3, -0.25) is 9.59 Å². The van der Waals surface area contributed by atoms with Gasteiger partial charge in [-0.2, -0.15) is 0 Å². The molecule has 0 saturated heterocycles. The van der Waals surface area contributed by atoms with E-state index >= 15 is 0 Å². The maximum atomic E-state index is 12.4. The number of nitrogens with one attached hydrogen (secondary N) is 2. The Kier molecular flexibility index (Phi) is 4.58. The van der Waals surface area contributed by atoms with Crippen LogP contribution in [0.2, 0.25) is 0 Å². The molecule has 1 amide bonds. The summed E-state index contributed by atoms with van der Waals surface area (Å²) < 4.78 is 11.0. The van der Waals surface area contributed by atoms with Crippen molar-refractivity contribution in [2.24, 2.45) is 5.92 Å². The van der Waals surface area contributed by atoms with Crippen LogP contribution in [0, 0.1) is 5.92 Å². The molecule has 2 aromatic carbocycles. The Hall–Kier alpha value is -3.48. The molecule has 0 aromatic heterocycles. The number of carboxylic acid groups (broad SMARTS) is 1. The molecule has 2 aliphatic heterocycles. The molecule has 154 valence electrons. The summed E-state index contributed by atoms with van der Waals surface area (Å²) in [7, 11) is 0. The smallest absolute Gasteiger partial charge is 0.305 e. The standard InChI is InChI=1S/C23H22N2O5/c26-21(27)8-9-24-23(28)14-4-6-18-17(10-14)15-2-1-3-16(15)22(25-18)13-5-7-19-20(11-13)30-12-29-19/h1-2,4-7,10-11,15-16,22,25H,3,8-9,12H2,(H,24,28)(H,26,27)/t15-,16-,22+/m1/s1.